The summed E-state index contributed by atoms with van der Waals surface area (Å²) < 4.78 is 0. The highest BCUT2D eigenvalue weighted by molar-refractivity contribution is 5.92. The van der Waals surface area contributed by atoms with Crippen molar-refractivity contribution < 1.29 is 4.79 Å². The molecule has 1 aliphatic rings. The fraction of sp³-hybridized carbons (Fsp3) is 0.538. The molecule has 4 nitrogen and oxygen atoms in total. The maximum Gasteiger partial charge on any atom is 0.270 e. The molecular weight excluding hydrogens is 214 g/mol. The summed E-state index contributed by atoms with van der Waals surface area (Å²) in [6, 6.07) is 6.25. The van der Waals surface area contributed by atoms with Gasteiger partial charge in [-0.2, -0.15) is 0 Å². The van der Waals surface area contributed by atoms with E-state index in [2.05, 4.69) is 22.5 Å². The van der Waals surface area contributed by atoms with Gasteiger partial charge in [0.1, 0.15) is 5.69 Å². The number of amides is 1. The lowest BCUT2D eigenvalue weighted by Crippen LogP contribution is -2.46. The second-order valence-electron chi connectivity index (χ2n) is 4.71. The second kappa shape index (κ2) is 5.27. The van der Waals surface area contributed by atoms with Crippen LogP contribution in [-0.2, 0) is 0 Å². The van der Waals surface area contributed by atoms with Crippen LogP contribution in [0, 0.1) is 6.92 Å². The molecule has 2 atom stereocenters. The van der Waals surface area contributed by atoms with Crippen molar-refractivity contribution in [2.75, 3.05) is 6.54 Å². The van der Waals surface area contributed by atoms with E-state index in [-0.39, 0.29) is 11.9 Å². The summed E-state index contributed by atoms with van der Waals surface area (Å²) in [7, 11) is 0. The van der Waals surface area contributed by atoms with E-state index >= 15 is 0 Å². The number of aromatic nitrogens is 1. The minimum atomic E-state index is -0.0622. The molecule has 1 amide bonds. The molecule has 0 aromatic carbocycles. The molecule has 0 bridgehead atoms. The third-order valence-corrected chi connectivity index (χ3v) is 3.08. The maximum absolute atomic E-state index is 12.0. The van der Waals surface area contributed by atoms with Gasteiger partial charge in [0, 0.05) is 17.8 Å². The standard InChI is InChI=1S/C13H19N3O/c1-9-4-3-5-12(15-9)13(17)16-11-6-7-14-10(2)8-11/h3-5,10-11,14H,6-8H2,1-2H3,(H,16,17). The Morgan fingerprint density at radius 3 is 3.06 bits per heavy atom. The van der Waals surface area contributed by atoms with Crippen molar-refractivity contribution in [1.29, 1.82) is 0 Å². The first kappa shape index (κ1) is 12.0. The highest BCUT2D eigenvalue weighted by atomic mass is 16.1. The molecular formula is C13H19N3O. The molecule has 4 heteroatoms. The molecule has 1 aromatic rings. The Labute approximate surface area is 102 Å². The summed E-state index contributed by atoms with van der Waals surface area (Å²) in [6.45, 7) is 5.00. The number of pyridine rings is 1. The Balaban J connectivity index is 1.97. The molecule has 2 heterocycles. The normalized spacial score (nSPS) is 24.4. The monoisotopic (exact) mass is 233 g/mol. The van der Waals surface area contributed by atoms with E-state index in [0.717, 1.165) is 25.1 Å². The first-order valence-corrected chi connectivity index (χ1v) is 6.13. The number of hydrogen-bond acceptors (Lipinski definition) is 3. The van der Waals surface area contributed by atoms with Gasteiger partial charge in [0.15, 0.2) is 0 Å². The van der Waals surface area contributed by atoms with Crippen LogP contribution >= 0.6 is 0 Å². The lowest BCUT2D eigenvalue weighted by Gasteiger charge is -2.28. The van der Waals surface area contributed by atoms with Crippen LogP contribution in [0.5, 0.6) is 0 Å². The molecule has 17 heavy (non-hydrogen) atoms. The van der Waals surface area contributed by atoms with E-state index in [1.807, 2.05) is 19.1 Å². The Morgan fingerprint density at radius 1 is 1.53 bits per heavy atom. The van der Waals surface area contributed by atoms with Crippen LogP contribution < -0.4 is 10.6 Å². The van der Waals surface area contributed by atoms with Crippen LogP contribution in [0.1, 0.15) is 35.9 Å². The Bertz CT molecular complexity index is 405. The molecule has 1 fully saturated rings. The number of rotatable bonds is 2. The van der Waals surface area contributed by atoms with E-state index < -0.39 is 0 Å². The van der Waals surface area contributed by atoms with E-state index in [9.17, 15) is 4.79 Å². The van der Waals surface area contributed by atoms with Crippen LogP contribution in [0.3, 0.4) is 0 Å². The van der Waals surface area contributed by atoms with Crippen molar-refractivity contribution in [3.63, 3.8) is 0 Å². The average molecular weight is 233 g/mol. The van der Waals surface area contributed by atoms with Gasteiger partial charge in [-0.05, 0) is 45.4 Å². The van der Waals surface area contributed by atoms with Crippen LogP contribution in [0.25, 0.3) is 0 Å². The molecule has 2 unspecified atom stereocenters. The van der Waals surface area contributed by atoms with E-state index in [4.69, 9.17) is 0 Å². The Hall–Kier alpha value is -1.42. The van der Waals surface area contributed by atoms with Crippen molar-refractivity contribution in [2.24, 2.45) is 0 Å². The minimum absolute atomic E-state index is 0.0622. The number of carbonyl (C=O) groups is 1. The topological polar surface area (TPSA) is 54.0 Å². The van der Waals surface area contributed by atoms with E-state index in [0.29, 0.717) is 11.7 Å². The molecule has 92 valence electrons. The molecule has 2 rings (SSSR count). The Morgan fingerprint density at radius 2 is 2.35 bits per heavy atom. The number of carbonyl (C=O) groups excluding carboxylic acids is 1. The number of hydrogen-bond donors (Lipinski definition) is 2. The van der Waals surface area contributed by atoms with Gasteiger partial charge in [0.05, 0.1) is 0 Å². The van der Waals surface area contributed by atoms with Crippen molar-refractivity contribution in [2.45, 2.75) is 38.8 Å². The second-order valence-corrected chi connectivity index (χ2v) is 4.71. The fourth-order valence-corrected chi connectivity index (χ4v) is 2.19. The zero-order chi connectivity index (χ0) is 12.3. The maximum atomic E-state index is 12.0. The summed E-state index contributed by atoms with van der Waals surface area (Å²) in [5.41, 5.74) is 1.38. The van der Waals surface area contributed by atoms with Gasteiger partial charge in [-0.25, -0.2) is 4.98 Å². The van der Waals surface area contributed by atoms with Gasteiger partial charge >= 0.3 is 0 Å². The molecule has 1 aliphatic heterocycles. The molecule has 0 radical (unpaired) electrons. The number of nitrogens with one attached hydrogen (secondary N) is 2. The van der Waals surface area contributed by atoms with Gasteiger partial charge in [0.2, 0.25) is 0 Å². The SMILES string of the molecule is Cc1cccc(C(=O)NC2CCNC(C)C2)n1. The largest absolute Gasteiger partial charge is 0.348 e. The molecule has 0 spiro atoms. The highest BCUT2D eigenvalue weighted by Gasteiger charge is 2.20. The van der Waals surface area contributed by atoms with Gasteiger partial charge in [-0.15, -0.1) is 0 Å². The summed E-state index contributed by atoms with van der Waals surface area (Å²) >= 11 is 0. The van der Waals surface area contributed by atoms with Gasteiger partial charge in [0.25, 0.3) is 5.91 Å². The first-order chi connectivity index (χ1) is 8.15. The zero-order valence-electron chi connectivity index (χ0n) is 10.4. The van der Waals surface area contributed by atoms with Crippen LogP contribution in [0.15, 0.2) is 18.2 Å². The molecule has 0 aliphatic carbocycles. The lowest BCUT2D eigenvalue weighted by molar-refractivity contribution is 0.0920. The average Bonchev–Trinajstić information content (AvgIpc) is 2.29. The van der Waals surface area contributed by atoms with Crippen molar-refractivity contribution in [1.82, 2.24) is 15.6 Å². The lowest BCUT2D eigenvalue weighted by atomic mass is 10.0. The molecule has 1 aromatic heterocycles. The summed E-state index contributed by atoms with van der Waals surface area (Å²) in [6.07, 6.45) is 1.97. The fourth-order valence-electron chi connectivity index (χ4n) is 2.19. The molecule has 1 saturated heterocycles. The molecule has 0 saturated carbocycles. The minimum Gasteiger partial charge on any atom is -0.348 e. The summed E-state index contributed by atoms with van der Waals surface area (Å²) in [5.74, 6) is -0.0622. The summed E-state index contributed by atoms with van der Waals surface area (Å²) in [4.78, 5) is 16.2. The van der Waals surface area contributed by atoms with Crippen LogP contribution in [0.4, 0.5) is 0 Å². The smallest absolute Gasteiger partial charge is 0.270 e. The van der Waals surface area contributed by atoms with Crippen molar-refractivity contribution in [3.05, 3.63) is 29.6 Å². The van der Waals surface area contributed by atoms with E-state index in [1.54, 1.807) is 6.07 Å². The van der Waals surface area contributed by atoms with Crippen LogP contribution in [-0.4, -0.2) is 29.5 Å². The van der Waals surface area contributed by atoms with E-state index in [1.165, 1.54) is 0 Å². The number of nitrogens with zero attached hydrogens (tertiary/aromatic N) is 1. The highest BCUT2D eigenvalue weighted by Crippen LogP contribution is 2.09. The third kappa shape index (κ3) is 3.27. The van der Waals surface area contributed by atoms with Gasteiger partial charge in [-0.3, -0.25) is 4.79 Å². The molecule has 2 N–H and O–H groups in total. The predicted molar refractivity (Wildman–Crippen MR) is 66.9 cm³/mol. The Kier molecular flexibility index (Phi) is 3.74. The van der Waals surface area contributed by atoms with Crippen molar-refractivity contribution in [3.8, 4) is 0 Å². The van der Waals surface area contributed by atoms with Gasteiger partial charge < -0.3 is 10.6 Å². The number of aryl methyl sites for hydroxylation is 1. The van der Waals surface area contributed by atoms with Crippen LogP contribution in [0.2, 0.25) is 0 Å². The predicted octanol–water partition coefficient (Wildman–Crippen LogP) is 1.26. The van der Waals surface area contributed by atoms with Gasteiger partial charge in [-0.1, -0.05) is 6.07 Å². The zero-order valence-corrected chi connectivity index (χ0v) is 10.4. The first-order valence-electron chi connectivity index (χ1n) is 6.13. The summed E-state index contributed by atoms with van der Waals surface area (Å²) in [5, 5.41) is 6.42. The van der Waals surface area contributed by atoms with Crippen molar-refractivity contribution >= 4 is 5.91 Å². The third-order valence-electron chi connectivity index (χ3n) is 3.08. The quantitative estimate of drug-likeness (QED) is 0.808. The number of piperidine rings is 1.